The van der Waals surface area contributed by atoms with Gasteiger partial charge in [-0.2, -0.15) is 18.3 Å². The highest BCUT2D eigenvalue weighted by molar-refractivity contribution is 7.99. The molecule has 3 aromatic rings. The standard InChI is InChI=1S/C25H27F3N2O2S.C7H11F/c1-4-5-23-22(15-30(29-23)20-10-8-19(9-11-20)25(26,27)28)17(3)33-21-12-6-18(16(2)14-21)7-13-24(31)32;1-3-4-5-7(2)6-8/h6,8-12,14-15,17H,4-5,7,13H2,1-3H3,(H,31,32);3-5H,6H2,1-2H3/b;4-3-,7-5-. The number of aromatic nitrogens is 2. The second-order valence-electron chi connectivity index (χ2n) is 9.68. The number of rotatable bonds is 11. The number of nitrogens with zero attached hydrogens (tertiary/aromatic N) is 2. The minimum Gasteiger partial charge on any atom is -0.481 e. The van der Waals surface area contributed by atoms with Crippen molar-refractivity contribution in [2.75, 3.05) is 6.67 Å². The molecule has 0 amide bonds. The second-order valence-corrected chi connectivity index (χ2v) is 11.1. The van der Waals surface area contributed by atoms with Crippen molar-refractivity contribution in [2.45, 2.75) is 76.6 Å². The topological polar surface area (TPSA) is 55.1 Å². The van der Waals surface area contributed by atoms with E-state index in [1.807, 2.05) is 44.3 Å². The Kier molecular flexibility index (Phi) is 13.4. The molecule has 222 valence electrons. The first-order chi connectivity index (χ1) is 19.4. The number of thioether (sulfide) groups is 1. The minimum atomic E-state index is -4.37. The maximum Gasteiger partial charge on any atom is 0.416 e. The van der Waals surface area contributed by atoms with Crippen LogP contribution in [0, 0.1) is 6.92 Å². The molecule has 1 heterocycles. The van der Waals surface area contributed by atoms with Crippen LogP contribution in [0.2, 0.25) is 0 Å². The number of aliphatic carboxylic acids is 1. The van der Waals surface area contributed by atoms with Gasteiger partial charge in [0.2, 0.25) is 0 Å². The van der Waals surface area contributed by atoms with Crippen molar-refractivity contribution in [2.24, 2.45) is 0 Å². The highest BCUT2D eigenvalue weighted by Crippen LogP contribution is 2.38. The summed E-state index contributed by atoms with van der Waals surface area (Å²) in [5, 5.41) is 13.7. The molecule has 1 aromatic heterocycles. The molecule has 1 unspecified atom stereocenters. The zero-order chi connectivity index (χ0) is 30.6. The van der Waals surface area contributed by atoms with E-state index in [9.17, 15) is 22.4 Å². The number of benzene rings is 2. The lowest BCUT2D eigenvalue weighted by atomic mass is 10.0. The van der Waals surface area contributed by atoms with E-state index in [0.29, 0.717) is 12.1 Å². The van der Waals surface area contributed by atoms with Gasteiger partial charge in [0.15, 0.2) is 0 Å². The third-order valence-electron chi connectivity index (χ3n) is 6.23. The molecule has 0 saturated heterocycles. The Labute approximate surface area is 244 Å². The quantitative estimate of drug-likeness (QED) is 0.137. The second kappa shape index (κ2) is 16.2. The smallest absolute Gasteiger partial charge is 0.416 e. The Balaban J connectivity index is 0.000000642. The van der Waals surface area contributed by atoms with Gasteiger partial charge < -0.3 is 5.11 Å². The summed E-state index contributed by atoms with van der Waals surface area (Å²) in [6.07, 6.45) is 5.29. The van der Waals surface area contributed by atoms with Gasteiger partial charge in [-0.1, -0.05) is 37.6 Å². The predicted octanol–water partition coefficient (Wildman–Crippen LogP) is 9.50. The summed E-state index contributed by atoms with van der Waals surface area (Å²) < 4.78 is 51.9. The van der Waals surface area contributed by atoms with Gasteiger partial charge >= 0.3 is 12.1 Å². The molecule has 0 aliphatic heterocycles. The van der Waals surface area contributed by atoms with E-state index in [4.69, 9.17) is 5.11 Å². The predicted molar refractivity (Wildman–Crippen MR) is 159 cm³/mol. The molecule has 0 fully saturated rings. The monoisotopic (exact) mass is 590 g/mol. The number of hydrogen-bond acceptors (Lipinski definition) is 3. The van der Waals surface area contributed by atoms with E-state index in [-0.39, 0.29) is 18.3 Å². The van der Waals surface area contributed by atoms with Crippen LogP contribution in [-0.4, -0.2) is 27.5 Å². The highest BCUT2D eigenvalue weighted by atomic mass is 32.2. The van der Waals surface area contributed by atoms with Crippen molar-refractivity contribution in [3.63, 3.8) is 0 Å². The molecule has 2 aromatic carbocycles. The molecule has 0 aliphatic carbocycles. The number of alkyl halides is 4. The Bertz CT molecular complexity index is 1330. The average molecular weight is 591 g/mol. The summed E-state index contributed by atoms with van der Waals surface area (Å²) >= 11 is 1.68. The average Bonchev–Trinajstić information content (AvgIpc) is 3.35. The summed E-state index contributed by atoms with van der Waals surface area (Å²) in [5.74, 6) is -0.810. The van der Waals surface area contributed by atoms with Gasteiger partial charge in [0.25, 0.3) is 0 Å². The van der Waals surface area contributed by atoms with Crippen LogP contribution >= 0.6 is 11.8 Å². The van der Waals surface area contributed by atoms with Gasteiger partial charge in [-0.05, 0) is 93.6 Å². The number of aryl methyl sites for hydroxylation is 3. The van der Waals surface area contributed by atoms with E-state index in [2.05, 4.69) is 25.0 Å². The minimum absolute atomic E-state index is 0.0824. The lowest BCUT2D eigenvalue weighted by molar-refractivity contribution is -0.138. The van der Waals surface area contributed by atoms with E-state index < -0.39 is 17.7 Å². The van der Waals surface area contributed by atoms with E-state index in [1.54, 1.807) is 29.4 Å². The number of carboxylic acid groups (broad SMARTS) is 1. The molecule has 0 aliphatic rings. The Morgan fingerprint density at radius 1 is 1.15 bits per heavy atom. The van der Waals surface area contributed by atoms with Crippen LogP contribution in [0.15, 0.2) is 77.4 Å². The number of carboxylic acids is 1. The lowest BCUT2D eigenvalue weighted by Crippen LogP contribution is -2.05. The van der Waals surface area contributed by atoms with Crippen LogP contribution in [-0.2, 0) is 23.8 Å². The molecule has 41 heavy (non-hydrogen) atoms. The number of carbonyl (C=O) groups is 1. The molecule has 0 spiro atoms. The molecule has 0 radical (unpaired) electrons. The van der Waals surface area contributed by atoms with Crippen molar-refractivity contribution in [3.05, 3.63) is 100 Å². The van der Waals surface area contributed by atoms with Crippen LogP contribution in [0.4, 0.5) is 17.6 Å². The molecular formula is C32H38F4N2O2S. The summed E-state index contributed by atoms with van der Waals surface area (Å²) in [4.78, 5) is 11.9. The Morgan fingerprint density at radius 2 is 1.83 bits per heavy atom. The van der Waals surface area contributed by atoms with Crippen molar-refractivity contribution in [1.29, 1.82) is 0 Å². The fourth-order valence-corrected chi connectivity index (χ4v) is 5.09. The third kappa shape index (κ3) is 10.9. The van der Waals surface area contributed by atoms with Crippen molar-refractivity contribution in [3.8, 4) is 5.69 Å². The largest absolute Gasteiger partial charge is 0.481 e. The van der Waals surface area contributed by atoms with Gasteiger partial charge in [-0.25, -0.2) is 9.07 Å². The van der Waals surface area contributed by atoms with E-state index in [0.717, 1.165) is 57.8 Å². The first-order valence-electron chi connectivity index (χ1n) is 13.5. The first kappa shape index (κ1) is 33.9. The molecule has 1 atom stereocenters. The number of allylic oxidation sites excluding steroid dienone is 4. The lowest BCUT2D eigenvalue weighted by Gasteiger charge is -2.13. The number of halogens is 4. The first-order valence-corrected chi connectivity index (χ1v) is 14.4. The van der Waals surface area contributed by atoms with Crippen LogP contribution in [0.5, 0.6) is 0 Å². The van der Waals surface area contributed by atoms with Gasteiger partial charge in [-0.15, -0.1) is 11.8 Å². The van der Waals surface area contributed by atoms with Crippen LogP contribution in [0.25, 0.3) is 5.69 Å². The van der Waals surface area contributed by atoms with E-state index >= 15 is 0 Å². The molecule has 0 bridgehead atoms. The third-order valence-corrected chi connectivity index (χ3v) is 7.36. The molecule has 3 rings (SSSR count). The molecule has 1 N–H and O–H groups in total. The maximum atomic E-state index is 12.9. The van der Waals surface area contributed by atoms with Crippen LogP contribution in [0.1, 0.15) is 73.7 Å². The molecule has 9 heteroatoms. The van der Waals surface area contributed by atoms with Crippen LogP contribution < -0.4 is 0 Å². The Hall–Kier alpha value is -3.33. The fraction of sp³-hybridized carbons (Fsp3) is 0.375. The van der Waals surface area contributed by atoms with Gasteiger partial charge in [0.05, 0.1) is 16.9 Å². The molecular weight excluding hydrogens is 552 g/mol. The van der Waals surface area contributed by atoms with Crippen LogP contribution in [0.3, 0.4) is 0 Å². The zero-order valence-corrected chi connectivity index (χ0v) is 25.0. The summed E-state index contributed by atoms with van der Waals surface area (Å²) in [5.41, 5.74) is 4.74. The molecule has 4 nitrogen and oxygen atoms in total. The zero-order valence-electron chi connectivity index (χ0n) is 24.1. The van der Waals surface area contributed by atoms with Crippen molar-refractivity contribution < 1.29 is 27.5 Å². The van der Waals surface area contributed by atoms with Crippen molar-refractivity contribution in [1.82, 2.24) is 9.78 Å². The summed E-state index contributed by atoms with van der Waals surface area (Å²) in [6.45, 7) is 9.47. The normalized spacial score (nSPS) is 12.8. The highest BCUT2D eigenvalue weighted by Gasteiger charge is 2.30. The van der Waals surface area contributed by atoms with E-state index in [1.165, 1.54) is 12.1 Å². The SMILES string of the molecule is C/C=C\C=C(\C)CF.CCCc1nn(-c2ccc(C(F)(F)F)cc2)cc1C(C)Sc1ccc(CCC(=O)O)c(C)c1. The van der Waals surface area contributed by atoms with Crippen molar-refractivity contribution >= 4 is 17.7 Å². The Morgan fingerprint density at radius 3 is 2.37 bits per heavy atom. The summed E-state index contributed by atoms with van der Waals surface area (Å²) in [7, 11) is 0. The fourth-order valence-electron chi connectivity index (χ4n) is 3.97. The van der Waals surface area contributed by atoms with Gasteiger partial charge in [0, 0.05) is 28.3 Å². The number of hydrogen-bond donors (Lipinski definition) is 1. The molecule has 0 saturated carbocycles. The summed E-state index contributed by atoms with van der Waals surface area (Å²) in [6, 6.07) is 11.1. The van der Waals surface area contributed by atoms with Gasteiger partial charge in [-0.3, -0.25) is 4.79 Å². The van der Waals surface area contributed by atoms with Gasteiger partial charge in [0.1, 0.15) is 6.67 Å². The maximum absolute atomic E-state index is 12.9.